The molecule has 0 aliphatic carbocycles. The number of hydrogen-bond donors (Lipinski definition) is 2. The number of benzene rings is 2. The van der Waals surface area contributed by atoms with Gasteiger partial charge < -0.3 is 20.1 Å². The van der Waals surface area contributed by atoms with E-state index in [1.165, 1.54) is 24.3 Å². The van der Waals surface area contributed by atoms with Crippen LogP contribution in [-0.2, 0) is 9.53 Å². The molecule has 2 amide bonds. The zero-order valence-electron chi connectivity index (χ0n) is 16.1. The molecule has 0 aliphatic heterocycles. The van der Waals surface area contributed by atoms with Crippen molar-refractivity contribution in [3.05, 3.63) is 53.6 Å². The van der Waals surface area contributed by atoms with Gasteiger partial charge in [-0.05, 0) is 63.6 Å². The Balaban J connectivity index is 2.06. The summed E-state index contributed by atoms with van der Waals surface area (Å²) in [5.41, 5.74) is -0.133. The predicted octanol–water partition coefficient (Wildman–Crippen LogP) is 4.53. The van der Waals surface area contributed by atoms with E-state index in [2.05, 4.69) is 10.6 Å². The van der Waals surface area contributed by atoms with Crippen LogP contribution in [0.4, 0.5) is 19.3 Å². The third-order valence-electron chi connectivity index (χ3n) is 3.37. The molecule has 0 bridgehead atoms. The lowest BCUT2D eigenvalue weighted by molar-refractivity contribution is -0.115. The summed E-state index contributed by atoms with van der Waals surface area (Å²) in [4.78, 5) is 23.7. The van der Waals surface area contributed by atoms with Crippen molar-refractivity contribution in [2.75, 3.05) is 11.9 Å². The van der Waals surface area contributed by atoms with Gasteiger partial charge in [0.2, 0.25) is 5.91 Å². The van der Waals surface area contributed by atoms with Gasteiger partial charge in [-0.1, -0.05) is 0 Å². The average molecular weight is 392 g/mol. The minimum absolute atomic E-state index is 0.0385. The van der Waals surface area contributed by atoms with Crippen molar-refractivity contribution in [2.45, 2.75) is 33.3 Å². The average Bonchev–Trinajstić information content (AvgIpc) is 2.57. The molecule has 0 spiro atoms. The number of ether oxygens (including phenoxy) is 2. The summed E-state index contributed by atoms with van der Waals surface area (Å²) in [6.45, 7) is 6.32. The van der Waals surface area contributed by atoms with E-state index < -0.39 is 29.2 Å². The smallest absolute Gasteiger partial charge is 0.408 e. The molecule has 150 valence electrons. The molecule has 0 saturated carbocycles. The Kier molecular flexibility index (Phi) is 6.56. The van der Waals surface area contributed by atoms with Crippen LogP contribution in [-0.4, -0.2) is 24.1 Å². The van der Waals surface area contributed by atoms with E-state index in [-0.39, 0.29) is 23.7 Å². The molecule has 0 heterocycles. The first kappa shape index (κ1) is 21.1. The van der Waals surface area contributed by atoms with Crippen LogP contribution in [0.25, 0.3) is 0 Å². The third-order valence-corrected chi connectivity index (χ3v) is 3.37. The van der Waals surface area contributed by atoms with Gasteiger partial charge in [0.05, 0.1) is 5.69 Å². The lowest BCUT2D eigenvalue weighted by Crippen LogP contribution is -2.37. The Morgan fingerprint density at radius 3 is 2.43 bits per heavy atom. The monoisotopic (exact) mass is 392 g/mol. The molecular weight excluding hydrogens is 370 g/mol. The second kappa shape index (κ2) is 8.69. The number of aryl methyl sites for hydroxylation is 1. The van der Waals surface area contributed by atoms with Crippen molar-refractivity contribution in [1.29, 1.82) is 0 Å². The number of anilines is 1. The van der Waals surface area contributed by atoms with Gasteiger partial charge in [-0.15, -0.1) is 0 Å². The summed E-state index contributed by atoms with van der Waals surface area (Å²) in [5.74, 6) is -1.20. The Morgan fingerprint density at radius 1 is 1.07 bits per heavy atom. The van der Waals surface area contributed by atoms with Crippen LogP contribution in [0, 0.1) is 18.6 Å². The van der Waals surface area contributed by atoms with Crippen LogP contribution in [0.3, 0.4) is 0 Å². The Labute approximate surface area is 161 Å². The second-order valence-electron chi connectivity index (χ2n) is 7.06. The molecule has 28 heavy (non-hydrogen) atoms. The zero-order valence-corrected chi connectivity index (χ0v) is 16.1. The summed E-state index contributed by atoms with van der Waals surface area (Å²) >= 11 is 0. The first-order valence-corrected chi connectivity index (χ1v) is 8.54. The fourth-order valence-corrected chi connectivity index (χ4v) is 2.15. The highest BCUT2D eigenvalue weighted by atomic mass is 19.1. The molecule has 6 nitrogen and oxygen atoms in total. The number of nitrogens with one attached hydrogen (secondary N) is 2. The summed E-state index contributed by atoms with van der Waals surface area (Å²) in [7, 11) is 0. The SMILES string of the molecule is Cc1cc(Oc2cc(F)ccc2NC(=O)CNC(=O)OC(C)(C)C)ccc1F. The highest BCUT2D eigenvalue weighted by Crippen LogP contribution is 2.31. The molecular formula is C20H22F2N2O4. The van der Waals surface area contributed by atoms with Crippen molar-refractivity contribution in [2.24, 2.45) is 0 Å². The minimum Gasteiger partial charge on any atom is -0.455 e. The van der Waals surface area contributed by atoms with Crippen molar-refractivity contribution in [3.63, 3.8) is 0 Å². The number of alkyl carbamates (subject to hydrolysis) is 1. The van der Waals surface area contributed by atoms with E-state index >= 15 is 0 Å². The first-order valence-electron chi connectivity index (χ1n) is 8.54. The van der Waals surface area contributed by atoms with Gasteiger partial charge in [-0.3, -0.25) is 4.79 Å². The summed E-state index contributed by atoms with van der Waals surface area (Å²) in [6.07, 6.45) is -0.736. The Hall–Kier alpha value is -3.16. The number of carbonyl (C=O) groups excluding carboxylic acids is 2. The number of carbonyl (C=O) groups is 2. The van der Waals surface area contributed by atoms with Gasteiger partial charge in [0, 0.05) is 6.07 Å². The van der Waals surface area contributed by atoms with E-state index in [0.29, 0.717) is 5.56 Å². The van der Waals surface area contributed by atoms with Gasteiger partial charge >= 0.3 is 6.09 Å². The maximum Gasteiger partial charge on any atom is 0.408 e. The second-order valence-corrected chi connectivity index (χ2v) is 7.06. The largest absolute Gasteiger partial charge is 0.455 e. The molecule has 0 radical (unpaired) electrons. The van der Waals surface area contributed by atoms with Gasteiger partial charge in [0.1, 0.15) is 29.5 Å². The van der Waals surface area contributed by atoms with Crippen LogP contribution < -0.4 is 15.4 Å². The highest BCUT2D eigenvalue weighted by molar-refractivity contribution is 5.95. The first-order chi connectivity index (χ1) is 13.0. The summed E-state index contributed by atoms with van der Waals surface area (Å²) < 4.78 is 37.6. The van der Waals surface area contributed by atoms with E-state index in [1.54, 1.807) is 27.7 Å². The molecule has 0 saturated heterocycles. The van der Waals surface area contributed by atoms with E-state index in [1.807, 2.05) is 0 Å². The van der Waals surface area contributed by atoms with Crippen LogP contribution in [0.15, 0.2) is 36.4 Å². The minimum atomic E-state index is -0.736. The van der Waals surface area contributed by atoms with Crippen LogP contribution in [0.1, 0.15) is 26.3 Å². The fraction of sp³-hybridized carbons (Fsp3) is 0.300. The molecule has 0 fully saturated rings. The molecule has 8 heteroatoms. The number of amides is 2. The third kappa shape index (κ3) is 6.53. The van der Waals surface area contributed by atoms with Crippen molar-refractivity contribution >= 4 is 17.7 Å². The molecule has 0 aromatic heterocycles. The van der Waals surface area contributed by atoms with E-state index in [0.717, 1.165) is 12.1 Å². The van der Waals surface area contributed by atoms with Crippen LogP contribution in [0.2, 0.25) is 0 Å². The number of rotatable bonds is 5. The Morgan fingerprint density at radius 2 is 1.79 bits per heavy atom. The quantitative estimate of drug-likeness (QED) is 0.784. The van der Waals surface area contributed by atoms with Crippen LogP contribution in [0.5, 0.6) is 11.5 Å². The maximum absolute atomic E-state index is 13.6. The standard InChI is InChI=1S/C20H22F2N2O4/c1-12-9-14(6-7-15(12)22)27-17-10-13(21)5-8-16(17)24-18(25)11-23-19(26)28-20(2,3)4/h5-10H,11H2,1-4H3,(H,23,26)(H,24,25). The fourth-order valence-electron chi connectivity index (χ4n) is 2.15. The number of hydrogen-bond acceptors (Lipinski definition) is 4. The van der Waals surface area contributed by atoms with Crippen molar-refractivity contribution in [1.82, 2.24) is 5.32 Å². The summed E-state index contributed by atoms with van der Waals surface area (Å²) in [5, 5.41) is 4.85. The van der Waals surface area contributed by atoms with E-state index in [4.69, 9.17) is 9.47 Å². The molecule has 2 aromatic rings. The molecule has 0 unspecified atom stereocenters. The van der Waals surface area contributed by atoms with Gasteiger partial charge in [0.15, 0.2) is 5.75 Å². The van der Waals surface area contributed by atoms with Crippen molar-refractivity contribution in [3.8, 4) is 11.5 Å². The van der Waals surface area contributed by atoms with Crippen LogP contribution >= 0.6 is 0 Å². The van der Waals surface area contributed by atoms with Gasteiger partial charge in [-0.25, -0.2) is 13.6 Å². The molecule has 0 atom stereocenters. The molecule has 2 rings (SSSR count). The molecule has 2 aromatic carbocycles. The molecule has 2 N–H and O–H groups in total. The number of halogens is 2. The molecule has 0 aliphatic rings. The summed E-state index contributed by atoms with van der Waals surface area (Å²) in [6, 6.07) is 7.65. The van der Waals surface area contributed by atoms with Gasteiger partial charge in [-0.2, -0.15) is 0 Å². The maximum atomic E-state index is 13.6. The normalized spacial score (nSPS) is 10.9. The lowest BCUT2D eigenvalue weighted by Gasteiger charge is -2.19. The lowest BCUT2D eigenvalue weighted by atomic mass is 10.2. The Bertz CT molecular complexity index is 879. The van der Waals surface area contributed by atoms with Crippen molar-refractivity contribution < 1.29 is 27.8 Å². The topological polar surface area (TPSA) is 76.7 Å². The highest BCUT2D eigenvalue weighted by Gasteiger charge is 2.17. The zero-order chi connectivity index (χ0) is 20.9. The van der Waals surface area contributed by atoms with Gasteiger partial charge in [0.25, 0.3) is 0 Å². The van der Waals surface area contributed by atoms with E-state index in [9.17, 15) is 18.4 Å². The predicted molar refractivity (Wildman–Crippen MR) is 100 cm³/mol.